The summed E-state index contributed by atoms with van der Waals surface area (Å²) in [5, 5.41) is 0. The lowest BCUT2D eigenvalue weighted by molar-refractivity contribution is 0.0520. The predicted molar refractivity (Wildman–Crippen MR) is 203 cm³/mol. The average Bonchev–Trinajstić information content (AvgIpc) is 3.13. The zero-order valence-electron chi connectivity index (χ0n) is 27.7. The van der Waals surface area contributed by atoms with Gasteiger partial charge in [-0.15, -0.1) is 23.5 Å². The third-order valence-electron chi connectivity index (χ3n) is 7.13. The molecule has 2 atom stereocenters. The van der Waals surface area contributed by atoms with Crippen molar-refractivity contribution in [2.75, 3.05) is 24.6 Å². The zero-order valence-corrected chi connectivity index (χ0v) is 40.3. The Balaban J connectivity index is 1.08. The Morgan fingerprint density at radius 1 is 0.593 bits per heavy atom. The van der Waals surface area contributed by atoms with E-state index in [1.807, 2.05) is 61.0 Å². The lowest BCUT2D eigenvalue weighted by atomic mass is 10.2. The topological polar surface area (TPSA) is 215 Å². The number of benzene rings is 2. The van der Waals surface area contributed by atoms with Crippen LogP contribution in [0.25, 0.3) is 0 Å². The van der Waals surface area contributed by atoms with Gasteiger partial charge in [-0.2, -0.15) is 0 Å². The van der Waals surface area contributed by atoms with Crippen LogP contribution in [0.3, 0.4) is 0 Å². The van der Waals surface area contributed by atoms with Gasteiger partial charge in [0.05, 0.1) is 13.1 Å². The molecule has 2 spiro atoms. The van der Waals surface area contributed by atoms with Gasteiger partial charge in [0.25, 0.3) is 0 Å². The number of aliphatic imine (C=N–C) groups is 2. The van der Waals surface area contributed by atoms with Crippen molar-refractivity contribution < 1.29 is 72.0 Å². The van der Waals surface area contributed by atoms with Crippen LogP contribution in [-0.2, 0) is 57.6 Å². The highest BCUT2D eigenvalue weighted by Crippen LogP contribution is 2.35. The van der Waals surface area contributed by atoms with Gasteiger partial charge in [-0.3, -0.25) is 9.98 Å². The van der Waals surface area contributed by atoms with E-state index in [1.165, 1.54) is 0 Å². The van der Waals surface area contributed by atoms with Gasteiger partial charge in [0.2, 0.25) is 0 Å². The molecule has 4 saturated heterocycles. The SMILES string of the molecule is O[Si]O[Si]1O[Si]2O[Si]3O[Si](O)O[Si]4O[Si]5O[Si](O[Si]O)O[Si](CCCSc6ccccc6C=NCCN=Cc6ccccc6SCCC[Si](O1)(O3)O2)(O4)O5. The lowest BCUT2D eigenvalue weighted by Gasteiger charge is -2.44. The Morgan fingerprint density at radius 2 is 1.02 bits per heavy atom. The zero-order chi connectivity index (χ0) is 37.2. The molecule has 4 fully saturated rings. The molecule has 32 heteroatoms. The highest BCUT2D eigenvalue weighted by atomic mass is 32.2. The predicted octanol–water partition coefficient (Wildman–Crippen LogP) is -0.693. The molecule has 11 radical (unpaired) electrons. The number of hydrogen-bond donors (Lipinski definition) is 3. The summed E-state index contributed by atoms with van der Waals surface area (Å²) in [7, 11) is -26.9. The summed E-state index contributed by atoms with van der Waals surface area (Å²) in [4.78, 5) is 41.2. The van der Waals surface area contributed by atoms with Crippen LogP contribution >= 0.6 is 23.5 Å². The van der Waals surface area contributed by atoms with E-state index in [1.54, 1.807) is 23.5 Å². The molecular weight excluding hydrogens is 937 g/mol. The molecule has 2 aromatic carbocycles. The van der Waals surface area contributed by atoms with Crippen molar-refractivity contribution in [1.29, 1.82) is 0 Å². The van der Waals surface area contributed by atoms with Gasteiger partial charge >= 0.3 is 104 Å². The number of fused-ring (bicyclic) bond motifs is 6. The second kappa shape index (κ2) is 20.9. The molecule has 0 amide bonds. The van der Waals surface area contributed by atoms with Crippen LogP contribution in [0.5, 0.6) is 0 Å². The quantitative estimate of drug-likeness (QED) is 0.324. The second-order valence-corrected chi connectivity index (χ2v) is 32.1. The van der Waals surface area contributed by atoms with E-state index in [0.717, 1.165) is 20.9 Å². The number of hydrogen-bond acceptors (Lipinski definition) is 21. The molecule has 0 saturated carbocycles. The summed E-state index contributed by atoms with van der Waals surface area (Å²) in [6.07, 6.45) is 5.00. The van der Waals surface area contributed by atoms with Gasteiger partial charge in [-0.1, -0.05) is 36.4 Å². The van der Waals surface area contributed by atoms with Crippen molar-refractivity contribution in [3.63, 3.8) is 0 Å². The maximum atomic E-state index is 11.0. The number of rotatable bonds is 4. The highest BCUT2D eigenvalue weighted by Gasteiger charge is 2.64. The normalized spacial score (nSPS) is 28.6. The molecule has 19 nitrogen and oxygen atoms in total. The number of nitrogens with zero attached hydrogens (tertiary/aromatic N) is 2. The molecule has 3 N–H and O–H groups in total. The van der Waals surface area contributed by atoms with E-state index in [4.69, 9.17) is 57.6 Å². The lowest BCUT2D eigenvalue weighted by Crippen LogP contribution is -2.70. The van der Waals surface area contributed by atoms with Crippen LogP contribution in [0.2, 0.25) is 12.1 Å². The molecule has 6 bridgehead atoms. The largest absolute Gasteiger partial charge is 0.558 e. The monoisotopic (exact) mass is 965 g/mol. The minimum Gasteiger partial charge on any atom is -0.409 e. The van der Waals surface area contributed by atoms with E-state index in [0.29, 0.717) is 49.5 Å². The van der Waals surface area contributed by atoms with E-state index in [2.05, 4.69) is 9.98 Å². The fraction of sp³-hybridized carbons (Fsp3) is 0.364. The summed E-state index contributed by atoms with van der Waals surface area (Å²) < 4.78 is 82.0. The van der Waals surface area contributed by atoms with E-state index in [9.17, 15) is 14.4 Å². The molecule has 5 heterocycles. The molecule has 5 aliphatic heterocycles. The van der Waals surface area contributed by atoms with Crippen molar-refractivity contribution in [1.82, 2.24) is 0 Å². The van der Waals surface area contributed by atoms with Crippen molar-refractivity contribution in [2.24, 2.45) is 9.98 Å². The molecular formula is C22H29N2O17S2Si11. The van der Waals surface area contributed by atoms with Crippen molar-refractivity contribution >= 4 is 140 Å². The van der Waals surface area contributed by atoms with Gasteiger partial charge in [0.15, 0.2) is 0 Å². The first-order chi connectivity index (χ1) is 26.4. The fourth-order valence-corrected chi connectivity index (χ4v) is 34.6. The third-order valence-corrected chi connectivity index (χ3v) is 33.0. The van der Waals surface area contributed by atoms with Gasteiger partial charge in [0, 0.05) is 45.4 Å². The van der Waals surface area contributed by atoms with Crippen LogP contribution in [0, 0.1) is 0 Å². The minimum atomic E-state index is -3.49. The Bertz CT molecular complexity index is 1480. The molecule has 285 valence electrons. The standard InChI is InChI=1S/C22H29N2O17S2Si11/c25-44-28-47-32-51-34-49-30-46(27)31-50-35-52-33-48(29-45-26)37-54(39-50,41-52)16-6-14-43-22-10-4-2-8-20(22)18-24-12-11-23-17-19-7-1-3-9-21(19)42-13-5-15-53(36-47,38-49)40-51/h1-4,7-10,17-18,25-27H,5-6,11-16H2. The van der Waals surface area contributed by atoms with Crippen LogP contribution in [0.1, 0.15) is 24.0 Å². The minimum absolute atomic E-state index is 0.377. The van der Waals surface area contributed by atoms with Crippen molar-refractivity contribution in [3.05, 3.63) is 59.7 Å². The van der Waals surface area contributed by atoms with Crippen LogP contribution in [-0.4, -0.2) is 156 Å². The summed E-state index contributed by atoms with van der Waals surface area (Å²) in [6, 6.07) is 16.8. The van der Waals surface area contributed by atoms with E-state index < -0.39 is 104 Å². The smallest absolute Gasteiger partial charge is 0.409 e. The van der Waals surface area contributed by atoms with Gasteiger partial charge in [0.1, 0.15) is 0 Å². The Hall–Kier alpha value is 0.186. The van der Waals surface area contributed by atoms with Gasteiger partial charge < -0.3 is 72.0 Å². The van der Waals surface area contributed by atoms with Crippen LogP contribution < -0.4 is 0 Å². The average molecular weight is 967 g/mol. The third kappa shape index (κ3) is 11.9. The molecule has 2 aromatic rings. The first kappa shape index (κ1) is 42.3. The highest BCUT2D eigenvalue weighted by molar-refractivity contribution is 7.99. The first-order valence-corrected chi connectivity index (χ1v) is 32.1. The molecule has 7 rings (SSSR count). The van der Waals surface area contributed by atoms with Gasteiger partial charge in [-0.05, 0) is 36.5 Å². The number of thioether (sulfide) groups is 2. The summed E-state index contributed by atoms with van der Waals surface area (Å²) in [5.41, 5.74) is 2.00. The fourth-order valence-electron chi connectivity index (χ4n) is 4.90. The summed E-state index contributed by atoms with van der Waals surface area (Å²) in [5.74, 6) is 1.39. The Morgan fingerprint density at radius 3 is 1.46 bits per heavy atom. The van der Waals surface area contributed by atoms with Gasteiger partial charge in [-0.25, -0.2) is 0 Å². The van der Waals surface area contributed by atoms with Crippen LogP contribution in [0.15, 0.2) is 68.3 Å². The Kier molecular flexibility index (Phi) is 16.4. The molecule has 0 aliphatic carbocycles. The second-order valence-electron chi connectivity index (χ2n) is 10.8. The summed E-state index contributed by atoms with van der Waals surface area (Å²) in [6.45, 7) is 1.06. The molecule has 0 aromatic heterocycles. The van der Waals surface area contributed by atoms with E-state index in [-0.39, 0.29) is 0 Å². The van der Waals surface area contributed by atoms with E-state index >= 15 is 0 Å². The first-order valence-electron chi connectivity index (χ1n) is 16.0. The summed E-state index contributed by atoms with van der Waals surface area (Å²) >= 11 is 3.33. The van der Waals surface area contributed by atoms with Crippen molar-refractivity contribution in [2.45, 2.75) is 34.7 Å². The van der Waals surface area contributed by atoms with Crippen molar-refractivity contribution in [3.8, 4) is 0 Å². The van der Waals surface area contributed by atoms with Crippen LogP contribution in [0.4, 0.5) is 0 Å². The molecule has 2 unspecified atom stereocenters. The Labute approximate surface area is 339 Å². The molecule has 5 aliphatic rings. The maximum absolute atomic E-state index is 11.0. The molecule has 54 heavy (non-hydrogen) atoms. The maximum Gasteiger partial charge on any atom is 0.558 e.